The van der Waals surface area contributed by atoms with Crippen LogP contribution >= 0.6 is 0 Å². The SMILES string of the molecule is CCn1cnnc1CNC(=NC)NCCCOC(C)c1ccccc1. The molecule has 0 aliphatic heterocycles. The number of guanidine groups is 1. The smallest absolute Gasteiger partial charge is 0.191 e. The minimum Gasteiger partial charge on any atom is -0.374 e. The molecule has 0 saturated heterocycles. The van der Waals surface area contributed by atoms with Crippen LogP contribution < -0.4 is 10.6 Å². The van der Waals surface area contributed by atoms with E-state index in [-0.39, 0.29) is 6.10 Å². The number of hydrogen-bond donors (Lipinski definition) is 2. The first-order valence-corrected chi connectivity index (χ1v) is 8.72. The largest absolute Gasteiger partial charge is 0.374 e. The summed E-state index contributed by atoms with van der Waals surface area (Å²) in [6.07, 6.45) is 2.75. The molecular formula is C18H28N6O. The van der Waals surface area contributed by atoms with Gasteiger partial charge in [-0.1, -0.05) is 30.3 Å². The molecule has 0 aliphatic carbocycles. The number of benzene rings is 1. The molecular weight excluding hydrogens is 316 g/mol. The summed E-state index contributed by atoms with van der Waals surface area (Å²) >= 11 is 0. The third kappa shape index (κ3) is 6.19. The zero-order valence-corrected chi connectivity index (χ0v) is 15.3. The van der Waals surface area contributed by atoms with Crippen molar-refractivity contribution in [1.29, 1.82) is 0 Å². The van der Waals surface area contributed by atoms with Gasteiger partial charge in [-0.2, -0.15) is 0 Å². The molecule has 0 bridgehead atoms. The van der Waals surface area contributed by atoms with E-state index in [4.69, 9.17) is 4.74 Å². The Bertz CT molecular complexity index is 640. The summed E-state index contributed by atoms with van der Waals surface area (Å²) in [6.45, 7) is 7.08. The summed E-state index contributed by atoms with van der Waals surface area (Å²) in [5, 5.41) is 14.6. The van der Waals surface area contributed by atoms with E-state index in [0.717, 1.165) is 31.3 Å². The number of nitrogens with zero attached hydrogens (tertiary/aromatic N) is 4. The predicted molar refractivity (Wildman–Crippen MR) is 99.3 cm³/mol. The van der Waals surface area contributed by atoms with Crippen molar-refractivity contribution in [2.24, 2.45) is 4.99 Å². The molecule has 0 saturated carbocycles. The molecule has 0 fully saturated rings. The Morgan fingerprint density at radius 2 is 2.08 bits per heavy atom. The fourth-order valence-electron chi connectivity index (χ4n) is 2.42. The van der Waals surface area contributed by atoms with E-state index < -0.39 is 0 Å². The first-order chi connectivity index (χ1) is 12.2. The molecule has 2 rings (SSSR count). The molecule has 136 valence electrons. The Kier molecular flexibility index (Phi) is 7.91. The normalized spacial score (nSPS) is 12.8. The molecule has 1 heterocycles. The van der Waals surface area contributed by atoms with Crippen LogP contribution in [0.15, 0.2) is 41.7 Å². The maximum absolute atomic E-state index is 5.87. The van der Waals surface area contributed by atoms with Gasteiger partial charge < -0.3 is 19.9 Å². The molecule has 1 aromatic heterocycles. The van der Waals surface area contributed by atoms with Gasteiger partial charge in [0, 0.05) is 26.7 Å². The minimum atomic E-state index is 0.110. The van der Waals surface area contributed by atoms with Crippen molar-refractivity contribution in [3.8, 4) is 0 Å². The molecule has 7 nitrogen and oxygen atoms in total. The standard InChI is InChI=1S/C18H28N6O/c1-4-24-14-22-23-17(24)13-21-18(19-3)20-11-8-12-25-15(2)16-9-6-5-7-10-16/h5-7,9-10,14-15H,4,8,11-13H2,1-3H3,(H2,19,20,21). The Balaban J connectivity index is 1.63. The van der Waals surface area contributed by atoms with Gasteiger partial charge in [0.2, 0.25) is 0 Å². The third-order valence-corrected chi connectivity index (χ3v) is 3.92. The van der Waals surface area contributed by atoms with Gasteiger partial charge >= 0.3 is 0 Å². The average Bonchev–Trinajstić information content (AvgIpc) is 3.12. The summed E-state index contributed by atoms with van der Waals surface area (Å²) in [5.74, 6) is 1.65. The molecule has 25 heavy (non-hydrogen) atoms. The number of nitrogens with one attached hydrogen (secondary N) is 2. The summed E-state index contributed by atoms with van der Waals surface area (Å²) < 4.78 is 7.87. The van der Waals surface area contributed by atoms with Gasteiger partial charge in [-0.05, 0) is 25.8 Å². The van der Waals surface area contributed by atoms with Crippen molar-refractivity contribution in [2.75, 3.05) is 20.2 Å². The lowest BCUT2D eigenvalue weighted by Crippen LogP contribution is -2.38. The van der Waals surface area contributed by atoms with Crippen molar-refractivity contribution in [3.05, 3.63) is 48.0 Å². The van der Waals surface area contributed by atoms with Crippen molar-refractivity contribution >= 4 is 5.96 Å². The second-order valence-electron chi connectivity index (χ2n) is 5.66. The van der Waals surface area contributed by atoms with E-state index in [1.54, 1.807) is 13.4 Å². The van der Waals surface area contributed by atoms with Crippen LogP contribution in [-0.2, 0) is 17.8 Å². The lowest BCUT2D eigenvalue weighted by atomic mass is 10.1. The zero-order valence-electron chi connectivity index (χ0n) is 15.3. The first-order valence-electron chi connectivity index (χ1n) is 8.72. The van der Waals surface area contributed by atoms with Gasteiger partial charge in [-0.15, -0.1) is 10.2 Å². The molecule has 0 radical (unpaired) electrons. The van der Waals surface area contributed by atoms with Gasteiger partial charge in [0.15, 0.2) is 11.8 Å². The highest BCUT2D eigenvalue weighted by molar-refractivity contribution is 5.79. The van der Waals surface area contributed by atoms with E-state index in [1.807, 2.05) is 22.8 Å². The fraction of sp³-hybridized carbons (Fsp3) is 0.500. The average molecular weight is 344 g/mol. The van der Waals surface area contributed by atoms with Crippen molar-refractivity contribution < 1.29 is 4.74 Å². The van der Waals surface area contributed by atoms with Gasteiger partial charge in [-0.25, -0.2) is 0 Å². The van der Waals surface area contributed by atoms with Crippen LogP contribution in [0.2, 0.25) is 0 Å². The highest BCUT2D eigenvalue weighted by atomic mass is 16.5. The second-order valence-corrected chi connectivity index (χ2v) is 5.66. The van der Waals surface area contributed by atoms with Crippen LogP contribution in [0.3, 0.4) is 0 Å². The molecule has 0 amide bonds. The second kappa shape index (κ2) is 10.5. The van der Waals surface area contributed by atoms with Crippen molar-refractivity contribution in [1.82, 2.24) is 25.4 Å². The van der Waals surface area contributed by atoms with Gasteiger partial charge in [-0.3, -0.25) is 4.99 Å². The van der Waals surface area contributed by atoms with Gasteiger partial charge in [0.25, 0.3) is 0 Å². The lowest BCUT2D eigenvalue weighted by Gasteiger charge is -2.14. The number of hydrogen-bond acceptors (Lipinski definition) is 4. The molecule has 0 spiro atoms. The van der Waals surface area contributed by atoms with Crippen LogP contribution in [0.25, 0.3) is 0 Å². The Labute approximate surface area is 149 Å². The van der Waals surface area contributed by atoms with Crippen LogP contribution in [0.1, 0.15) is 37.8 Å². The summed E-state index contributed by atoms with van der Waals surface area (Å²) in [4.78, 5) is 4.22. The van der Waals surface area contributed by atoms with E-state index in [0.29, 0.717) is 13.2 Å². The summed E-state index contributed by atoms with van der Waals surface area (Å²) in [6, 6.07) is 10.3. The van der Waals surface area contributed by atoms with E-state index in [1.165, 1.54) is 5.56 Å². The number of aliphatic imine (C=N–C) groups is 1. The highest BCUT2D eigenvalue weighted by Crippen LogP contribution is 2.15. The van der Waals surface area contributed by atoms with E-state index in [2.05, 4.69) is 51.8 Å². The first kappa shape index (κ1) is 18.9. The van der Waals surface area contributed by atoms with E-state index in [9.17, 15) is 0 Å². The van der Waals surface area contributed by atoms with Gasteiger partial charge in [0.1, 0.15) is 6.33 Å². The summed E-state index contributed by atoms with van der Waals surface area (Å²) in [7, 11) is 1.76. The monoisotopic (exact) mass is 344 g/mol. The molecule has 0 aliphatic rings. The maximum Gasteiger partial charge on any atom is 0.191 e. The quantitative estimate of drug-likeness (QED) is 0.414. The van der Waals surface area contributed by atoms with Crippen molar-refractivity contribution in [3.63, 3.8) is 0 Å². The zero-order chi connectivity index (χ0) is 17.9. The topological polar surface area (TPSA) is 76.4 Å². The number of ether oxygens (including phenoxy) is 1. The minimum absolute atomic E-state index is 0.110. The summed E-state index contributed by atoms with van der Waals surface area (Å²) in [5.41, 5.74) is 1.20. The fourth-order valence-corrected chi connectivity index (χ4v) is 2.42. The predicted octanol–water partition coefficient (Wildman–Crippen LogP) is 2.13. The van der Waals surface area contributed by atoms with Crippen LogP contribution in [0, 0.1) is 0 Å². The van der Waals surface area contributed by atoms with Crippen LogP contribution in [0.4, 0.5) is 0 Å². The highest BCUT2D eigenvalue weighted by Gasteiger charge is 2.06. The number of aromatic nitrogens is 3. The Hall–Kier alpha value is -2.41. The molecule has 1 atom stereocenters. The van der Waals surface area contributed by atoms with Gasteiger partial charge in [0.05, 0.1) is 12.6 Å². The van der Waals surface area contributed by atoms with Crippen LogP contribution in [-0.4, -0.2) is 40.9 Å². The van der Waals surface area contributed by atoms with Crippen LogP contribution in [0.5, 0.6) is 0 Å². The molecule has 1 aromatic carbocycles. The van der Waals surface area contributed by atoms with E-state index >= 15 is 0 Å². The number of rotatable bonds is 9. The molecule has 2 aromatic rings. The maximum atomic E-state index is 5.87. The Morgan fingerprint density at radius 1 is 1.28 bits per heavy atom. The molecule has 7 heteroatoms. The molecule has 1 unspecified atom stereocenters. The third-order valence-electron chi connectivity index (χ3n) is 3.92. The Morgan fingerprint density at radius 3 is 2.80 bits per heavy atom. The number of aryl methyl sites for hydroxylation is 1. The molecule has 2 N–H and O–H groups in total. The van der Waals surface area contributed by atoms with Crippen molar-refractivity contribution in [2.45, 2.75) is 39.5 Å². The lowest BCUT2D eigenvalue weighted by molar-refractivity contribution is 0.0646.